The van der Waals surface area contributed by atoms with Gasteiger partial charge in [-0.25, -0.2) is 9.67 Å². The maximum atomic E-state index is 14.3. The molecule has 0 saturated heterocycles. The summed E-state index contributed by atoms with van der Waals surface area (Å²) < 4.78 is 24.3. The highest BCUT2D eigenvalue weighted by atomic mass is 31.2. The van der Waals surface area contributed by atoms with Crippen LogP contribution in [0.25, 0.3) is 22.3 Å². The molecular formula is C30H35N6O3P. The molecule has 4 aromatic rings. The first-order valence-electron chi connectivity index (χ1n) is 14.4. The third kappa shape index (κ3) is 4.44. The standard InChI is InChI=1S/C30H35N6O3P/c1-18-5-4-12-39-29-24(16-31-35(29)3)26-14-20(13-19(2)32-26)28(37)34-30-33-25-11-10-23(15-27(25)36(30)17-18)40(38,21-6-7-21)22-8-9-22/h10-11,13-16,18,21-22H,4-9,12,17H2,1-3H3,(H,33,34,37)/t18-/m1/s1. The van der Waals surface area contributed by atoms with Crippen LogP contribution in [0.3, 0.4) is 0 Å². The minimum atomic E-state index is -2.43. The SMILES string of the molecule is Cc1cc2cc(n1)-c1cnn(C)c1OCCC[C@@H](C)Cn1c(nc3ccc(P(=O)(C4CC4)C4CC4)cc31)NC2=O. The van der Waals surface area contributed by atoms with Gasteiger partial charge in [0.2, 0.25) is 11.8 Å². The van der Waals surface area contributed by atoms with E-state index in [1.807, 2.05) is 26.1 Å². The van der Waals surface area contributed by atoms with Crippen molar-refractivity contribution < 1.29 is 14.1 Å². The molecule has 0 radical (unpaired) electrons. The molecule has 1 N–H and O–H groups in total. The van der Waals surface area contributed by atoms with Gasteiger partial charge in [-0.1, -0.05) is 6.92 Å². The Morgan fingerprint density at radius 2 is 1.82 bits per heavy atom. The number of anilines is 1. The maximum absolute atomic E-state index is 14.3. The molecule has 3 aliphatic rings. The summed E-state index contributed by atoms with van der Waals surface area (Å²) in [7, 11) is -0.580. The van der Waals surface area contributed by atoms with Crippen molar-refractivity contribution in [2.24, 2.45) is 13.0 Å². The Labute approximate surface area is 233 Å². The molecule has 3 aromatic heterocycles. The van der Waals surface area contributed by atoms with Gasteiger partial charge in [-0.2, -0.15) is 5.10 Å². The van der Waals surface area contributed by atoms with Crippen molar-refractivity contribution in [3.05, 3.63) is 47.8 Å². The first-order valence-corrected chi connectivity index (χ1v) is 16.2. The Morgan fingerprint density at radius 3 is 2.58 bits per heavy atom. The minimum Gasteiger partial charge on any atom is -0.477 e. The molecule has 40 heavy (non-hydrogen) atoms. The van der Waals surface area contributed by atoms with Gasteiger partial charge in [0.15, 0.2) is 0 Å². The molecule has 7 rings (SSSR count). The average molecular weight is 559 g/mol. The van der Waals surface area contributed by atoms with E-state index in [1.54, 1.807) is 23.0 Å². The van der Waals surface area contributed by atoms with Crippen LogP contribution < -0.4 is 15.4 Å². The van der Waals surface area contributed by atoms with Crippen LogP contribution in [0.2, 0.25) is 0 Å². The fraction of sp³-hybridized carbons (Fsp3) is 0.467. The van der Waals surface area contributed by atoms with E-state index < -0.39 is 7.14 Å². The summed E-state index contributed by atoms with van der Waals surface area (Å²) in [6.45, 7) is 5.33. The number of ether oxygens (including phenoxy) is 1. The van der Waals surface area contributed by atoms with Crippen LogP contribution in [0.15, 0.2) is 36.5 Å². The van der Waals surface area contributed by atoms with E-state index in [2.05, 4.69) is 33.0 Å². The molecule has 208 valence electrons. The van der Waals surface area contributed by atoms with E-state index in [9.17, 15) is 9.36 Å². The molecule has 2 saturated carbocycles. The Balaban J connectivity index is 1.32. The van der Waals surface area contributed by atoms with Gasteiger partial charge in [0.1, 0.15) is 7.14 Å². The highest BCUT2D eigenvalue weighted by molar-refractivity contribution is 7.73. The first-order chi connectivity index (χ1) is 19.3. The number of amides is 1. The number of nitrogens with one attached hydrogen (secondary N) is 1. The molecule has 2 aliphatic carbocycles. The lowest BCUT2D eigenvalue weighted by Crippen LogP contribution is -2.19. The molecule has 1 amide bonds. The van der Waals surface area contributed by atoms with Crippen molar-refractivity contribution in [2.45, 2.75) is 70.2 Å². The van der Waals surface area contributed by atoms with E-state index in [1.165, 1.54) is 0 Å². The zero-order valence-electron chi connectivity index (χ0n) is 23.3. The second-order valence-electron chi connectivity index (χ2n) is 11.8. The summed E-state index contributed by atoms with van der Waals surface area (Å²) in [5.41, 5.74) is 5.04. The lowest BCUT2D eigenvalue weighted by Gasteiger charge is -2.19. The third-order valence-corrected chi connectivity index (χ3v) is 12.8. The molecule has 4 heterocycles. The molecule has 1 aliphatic heterocycles. The lowest BCUT2D eigenvalue weighted by molar-refractivity contribution is 0.102. The lowest BCUT2D eigenvalue weighted by atomic mass is 10.1. The summed E-state index contributed by atoms with van der Waals surface area (Å²) in [4.78, 5) is 23.2. The Morgan fingerprint density at radius 1 is 1.05 bits per heavy atom. The molecule has 2 fully saturated rings. The Kier molecular flexibility index (Phi) is 6.11. The molecule has 0 spiro atoms. The third-order valence-electron chi connectivity index (χ3n) is 8.49. The highest BCUT2D eigenvalue weighted by Gasteiger charge is 2.51. The van der Waals surface area contributed by atoms with Crippen molar-refractivity contribution in [1.82, 2.24) is 24.3 Å². The largest absolute Gasteiger partial charge is 0.477 e. The van der Waals surface area contributed by atoms with Crippen molar-refractivity contribution >= 4 is 35.3 Å². The zero-order chi connectivity index (χ0) is 27.6. The van der Waals surface area contributed by atoms with Crippen LogP contribution in [-0.4, -0.2) is 48.1 Å². The molecule has 1 aromatic carbocycles. The number of aromatic nitrogens is 5. The summed E-state index contributed by atoms with van der Waals surface area (Å²) in [6.07, 6.45) is 7.82. The number of nitrogens with zero attached hydrogens (tertiary/aromatic N) is 5. The van der Waals surface area contributed by atoms with Gasteiger partial charge in [0.25, 0.3) is 5.91 Å². The number of imidazole rings is 1. The number of carbonyl (C=O) groups excluding carboxylic acids is 1. The topological polar surface area (TPSA) is 104 Å². The molecule has 2 bridgehead atoms. The smallest absolute Gasteiger partial charge is 0.258 e. The van der Waals surface area contributed by atoms with Crippen molar-refractivity contribution in [3.63, 3.8) is 0 Å². The maximum Gasteiger partial charge on any atom is 0.258 e. The van der Waals surface area contributed by atoms with E-state index in [0.29, 0.717) is 53.5 Å². The highest BCUT2D eigenvalue weighted by Crippen LogP contribution is 2.69. The van der Waals surface area contributed by atoms with Gasteiger partial charge in [0, 0.05) is 41.5 Å². The first kappa shape index (κ1) is 25.5. The van der Waals surface area contributed by atoms with Crippen LogP contribution in [0.1, 0.15) is 61.5 Å². The second kappa shape index (κ2) is 9.58. The number of rotatable bonds is 3. The predicted molar refractivity (Wildman–Crippen MR) is 156 cm³/mol. The second-order valence-corrected chi connectivity index (χ2v) is 15.2. The Bertz CT molecular complexity index is 1670. The van der Waals surface area contributed by atoms with Gasteiger partial charge >= 0.3 is 0 Å². The summed E-state index contributed by atoms with van der Waals surface area (Å²) in [5, 5.41) is 8.46. The van der Waals surface area contributed by atoms with E-state index in [-0.39, 0.29) is 5.91 Å². The fourth-order valence-corrected chi connectivity index (χ4v) is 10.0. The monoisotopic (exact) mass is 558 g/mol. The van der Waals surface area contributed by atoms with Gasteiger partial charge < -0.3 is 13.9 Å². The number of benzene rings is 1. The summed E-state index contributed by atoms with van der Waals surface area (Å²) in [6, 6.07) is 9.69. The summed E-state index contributed by atoms with van der Waals surface area (Å²) >= 11 is 0. The van der Waals surface area contributed by atoms with Crippen molar-refractivity contribution in [1.29, 1.82) is 0 Å². The minimum absolute atomic E-state index is 0.251. The van der Waals surface area contributed by atoms with E-state index >= 15 is 0 Å². The van der Waals surface area contributed by atoms with Gasteiger partial charge in [-0.3, -0.25) is 15.1 Å². The van der Waals surface area contributed by atoms with Crippen LogP contribution >= 0.6 is 7.14 Å². The quantitative estimate of drug-likeness (QED) is 0.333. The Hall–Kier alpha value is -3.45. The van der Waals surface area contributed by atoms with Gasteiger partial charge in [0.05, 0.1) is 35.1 Å². The van der Waals surface area contributed by atoms with Crippen LogP contribution in [0.5, 0.6) is 5.88 Å². The van der Waals surface area contributed by atoms with Gasteiger partial charge in [-0.15, -0.1) is 0 Å². The molecule has 9 nitrogen and oxygen atoms in total. The van der Waals surface area contributed by atoms with Crippen LogP contribution in [-0.2, 0) is 18.2 Å². The molecule has 0 unspecified atom stereocenters. The average Bonchev–Trinajstić information content (AvgIpc) is 3.86. The van der Waals surface area contributed by atoms with E-state index in [0.717, 1.165) is 66.1 Å². The van der Waals surface area contributed by atoms with E-state index in [4.69, 9.17) is 9.72 Å². The summed E-state index contributed by atoms with van der Waals surface area (Å²) in [5.74, 6) is 1.22. The number of carbonyl (C=O) groups is 1. The normalized spacial score (nSPS) is 20.2. The molecular weight excluding hydrogens is 523 g/mol. The van der Waals surface area contributed by atoms with Crippen LogP contribution in [0.4, 0.5) is 5.95 Å². The molecule has 10 heteroatoms. The van der Waals surface area contributed by atoms with Gasteiger partial charge in [-0.05, 0) is 81.7 Å². The number of pyridine rings is 1. The molecule has 1 atom stereocenters. The van der Waals surface area contributed by atoms with Crippen molar-refractivity contribution in [3.8, 4) is 17.1 Å². The fourth-order valence-electron chi connectivity index (χ4n) is 6.13. The number of hydrogen-bond acceptors (Lipinski definition) is 6. The number of fused-ring (bicyclic) bond motifs is 7. The number of aryl methyl sites for hydroxylation is 2. The van der Waals surface area contributed by atoms with Crippen LogP contribution in [0, 0.1) is 12.8 Å². The van der Waals surface area contributed by atoms with Crippen molar-refractivity contribution in [2.75, 3.05) is 11.9 Å². The number of hydrogen-bond donors (Lipinski definition) is 1. The zero-order valence-corrected chi connectivity index (χ0v) is 24.2. The predicted octanol–water partition coefficient (Wildman–Crippen LogP) is 5.51.